The van der Waals surface area contributed by atoms with E-state index in [9.17, 15) is 23.1 Å². The van der Waals surface area contributed by atoms with Crippen LogP contribution < -0.4 is 5.43 Å². The predicted molar refractivity (Wildman–Crippen MR) is 136 cm³/mol. The highest BCUT2D eigenvalue weighted by molar-refractivity contribution is 5.78. The Balaban J connectivity index is 1.61. The summed E-state index contributed by atoms with van der Waals surface area (Å²) in [6.07, 6.45) is -4.07. The number of fused-ring (bicyclic) bond motifs is 1. The van der Waals surface area contributed by atoms with E-state index in [4.69, 9.17) is 0 Å². The number of hydrogen-bond donors (Lipinski definition) is 1. The van der Waals surface area contributed by atoms with Gasteiger partial charge in [-0.2, -0.15) is 13.2 Å². The maximum Gasteiger partial charge on any atom is 0.418 e. The molecule has 1 unspecified atom stereocenters. The fourth-order valence-corrected chi connectivity index (χ4v) is 5.11. The van der Waals surface area contributed by atoms with Crippen LogP contribution in [0.1, 0.15) is 31.4 Å². The molecule has 194 valence electrons. The number of hydrogen-bond acceptors (Lipinski definition) is 4. The average molecular weight is 502 g/mol. The highest BCUT2D eigenvalue weighted by Crippen LogP contribution is 2.42. The van der Waals surface area contributed by atoms with Crippen molar-refractivity contribution in [2.75, 3.05) is 33.2 Å². The molecule has 0 radical (unpaired) electrons. The molecule has 1 aromatic heterocycles. The van der Waals surface area contributed by atoms with E-state index < -0.39 is 30.2 Å². The summed E-state index contributed by atoms with van der Waals surface area (Å²) in [6.45, 7) is 7.39. The van der Waals surface area contributed by atoms with Gasteiger partial charge in [0, 0.05) is 50.4 Å². The molecule has 2 aromatic carbocycles. The van der Waals surface area contributed by atoms with Gasteiger partial charge in [0.25, 0.3) is 0 Å². The third-order valence-corrected chi connectivity index (χ3v) is 7.29. The highest BCUT2D eigenvalue weighted by Gasteiger charge is 2.56. The Kier molecular flexibility index (Phi) is 7.33. The van der Waals surface area contributed by atoms with Gasteiger partial charge < -0.3 is 14.6 Å². The lowest BCUT2D eigenvalue weighted by Crippen LogP contribution is -2.52. The van der Waals surface area contributed by atoms with Crippen molar-refractivity contribution in [1.82, 2.24) is 14.4 Å². The molecule has 0 amide bonds. The number of likely N-dealkylation sites (N-methyl/N-ethyl adjacent to an activating group) is 1. The number of rotatable bonds is 7. The van der Waals surface area contributed by atoms with Gasteiger partial charge in [-0.3, -0.25) is 9.69 Å². The molecule has 1 saturated heterocycles. The third-order valence-electron chi connectivity index (χ3n) is 7.29. The Morgan fingerprint density at radius 3 is 2.33 bits per heavy atom. The van der Waals surface area contributed by atoms with Gasteiger partial charge in [-0.05, 0) is 42.1 Å². The lowest BCUT2D eigenvalue weighted by atomic mass is 9.74. The first-order valence-electron chi connectivity index (χ1n) is 12.3. The third kappa shape index (κ3) is 5.66. The Hall–Kier alpha value is -2.68. The first kappa shape index (κ1) is 26.4. The number of nitrogens with zero attached hydrogens (tertiary/aromatic N) is 3. The van der Waals surface area contributed by atoms with E-state index in [0.717, 1.165) is 43.9 Å². The average Bonchev–Trinajstić information content (AvgIpc) is 2.82. The topological polar surface area (TPSA) is 48.7 Å². The maximum absolute atomic E-state index is 14.4. The SMILES string of the molecule is CN1CCN(Cc2cccc(C(C)(C)CC(O)(Cn3ccc(=O)c4ccccc43)C(F)(F)F)c2)CC1. The van der Waals surface area contributed by atoms with E-state index in [1.807, 2.05) is 24.3 Å². The van der Waals surface area contributed by atoms with Gasteiger partial charge >= 0.3 is 6.18 Å². The van der Waals surface area contributed by atoms with Crippen LogP contribution in [-0.2, 0) is 18.5 Å². The molecule has 3 aromatic rings. The van der Waals surface area contributed by atoms with Crippen molar-refractivity contribution in [3.8, 4) is 0 Å². The number of aromatic nitrogens is 1. The standard InChI is InChI=1S/C28H34F3N3O2/c1-26(2,22-8-6-7-21(17-22)18-33-15-13-32(3)14-16-33)19-27(36,28(29,30)31)20-34-12-11-25(35)23-9-4-5-10-24(23)34/h4-12,17,36H,13-16,18-20H2,1-3H3. The minimum Gasteiger partial charge on any atom is -0.379 e. The minimum absolute atomic E-state index is 0.269. The van der Waals surface area contributed by atoms with Gasteiger partial charge in [0.1, 0.15) is 0 Å². The van der Waals surface area contributed by atoms with Crippen LogP contribution >= 0.6 is 0 Å². The number of benzene rings is 2. The van der Waals surface area contributed by atoms with Gasteiger partial charge in [-0.25, -0.2) is 0 Å². The molecular weight excluding hydrogens is 467 g/mol. The molecule has 0 bridgehead atoms. The van der Waals surface area contributed by atoms with Gasteiger partial charge in [0.2, 0.25) is 0 Å². The number of para-hydroxylation sites is 1. The molecule has 2 heterocycles. The van der Waals surface area contributed by atoms with E-state index >= 15 is 0 Å². The van der Waals surface area contributed by atoms with E-state index in [1.54, 1.807) is 38.1 Å². The minimum atomic E-state index is -4.87. The van der Waals surface area contributed by atoms with Crippen LogP contribution in [0.4, 0.5) is 13.2 Å². The zero-order valence-electron chi connectivity index (χ0n) is 21.1. The number of aliphatic hydroxyl groups is 1. The van der Waals surface area contributed by atoms with Crippen molar-refractivity contribution < 1.29 is 18.3 Å². The first-order valence-corrected chi connectivity index (χ1v) is 12.3. The fraction of sp³-hybridized carbons (Fsp3) is 0.464. The lowest BCUT2D eigenvalue weighted by molar-refractivity contribution is -0.271. The van der Waals surface area contributed by atoms with Crippen molar-refractivity contribution in [3.05, 3.63) is 82.1 Å². The van der Waals surface area contributed by atoms with Crippen molar-refractivity contribution >= 4 is 10.9 Å². The maximum atomic E-state index is 14.4. The van der Waals surface area contributed by atoms with Crippen LogP contribution in [-0.4, -0.2) is 64.5 Å². The summed E-state index contributed by atoms with van der Waals surface area (Å²) in [4.78, 5) is 16.8. The number of pyridine rings is 1. The number of piperazine rings is 1. The molecule has 1 N–H and O–H groups in total. The molecule has 0 saturated carbocycles. The lowest BCUT2D eigenvalue weighted by Gasteiger charge is -2.39. The molecular formula is C28H34F3N3O2. The summed E-state index contributed by atoms with van der Waals surface area (Å²) in [5, 5.41) is 11.5. The summed E-state index contributed by atoms with van der Waals surface area (Å²) in [6, 6.07) is 15.4. The van der Waals surface area contributed by atoms with E-state index in [-0.39, 0.29) is 5.43 Å². The zero-order valence-corrected chi connectivity index (χ0v) is 21.1. The molecule has 4 rings (SSSR count). The van der Waals surface area contributed by atoms with Crippen LogP contribution in [0, 0.1) is 0 Å². The van der Waals surface area contributed by atoms with Crippen LogP contribution in [0.15, 0.2) is 65.6 Å². The first-order chi connectivity index (χ1) is 16.9. The number of alkyl halides is 3. The Morgan fingerprint density at radius 1 is 0.944 bits per heavy atom. The van der Waals surface area contributed by atoms with Crippen molar-refractivity contribution in [3.63, 3.8) is 0 Å². The fourth-order valence-electron chi connectivity index (χ4n) is 5.11. The summed E-state index contributed by atoms with van der Waals surface area (Å²) in [7, 11) is 2.10. The Labute approximate surface area is 209 Å². The molecule has 1 aliphatic rings. The van der Waals surface area contributed by atoms with Crippen LogP contribution in [0.3, 0.4) is 0 Å². The smallest absolute Gasteiger partial charge is 0.379 e. The van der Waals surface area contributed by atoms with E-state index in [1.165, 1.54) is 16.8 Å². The van der Waals surface area contributed by atoms with E-state index in [0.29, 0.717) is 10.9 Å². The molecule has 0 spiro atoms. The van der Waals surface area contributed by atoms with Crippen LogP contribution in [0.5, 0.6) is 0 Å². The molecule has 5 nitrogen and oxygen atoms in total. The summed E-state index contributed by atoms with van der Waals surface area (Å²) >= 11 is 0. The van der Waals surface area contributed by atoms with Crippen LogP contribution in [0.2, 0.25) is 0 Å². The molecule has 36 heavy (non-hydrogen) atoms. The van der Waals surface area contributed by atoms with Gasteiger partial charge in [0.15, 0.2) is 11.0 Å². The van der Waals surface area contributed by atoms with Crippen molar-refractivity contribution in [1.29, 1.82) is 0 Å². The summed E-state index contributed by atoms with van der Waals surface area (Å²) in [5.74, 6) is 0. The van der Waals surface area contributed by atoms with E-state index in [2.05, 4.69) is 16.8 Å². The van der Waals surface area contributed by atoms with Gasteiger partial charge in [-0.15, -0.1) is 0 Å². The second kappa shape index (κ2) is 10.00. The predicted octanol–water partition coefficient (Wildman–Crippen LogP) is 4.41. The monoisotopic (exact) mass is 501 g/mol. The molecule has 1 atom stereocenters. The molecule has 1 aliphatic heterocycles. The Morgan fingerprint density at radius 2 is 1.64 bits per heavy atom. The summed E-state index contributed by atoms with van der Waals surface area (Å²) < 4.78 is 44.5. The normalized spacial score (nSPS) is 17.9. The molecule has 0 aliphatic carbocycles. The quantitative estimate of drug-likeness (QED) is 0.521. The van der Waals surface area contributed by atoms with Crippen LogP contribution in [0.25, 0.3) is 10.9 Å². The second-order valence-electron chi connectivity index (χ2n) is 10.7. The Bertz CT molecular complexity index is 1260. The highest BCUT2D eigenvalue weighted by atomic mass is 19.4. The second-order valence-corrected chi connectivity index (χ2v) is 10.7. The van der Waals surface area contributed by atoms with Crippen molar-refractivity contribution in [2.24, 2.45) is 0 Å². The van der Waals surface area contributed by atoms with Gasteiger partial charge in [-0.1, -0.05) is 50.2 Å². The molecule has 8 heteroatoms. The van der Waals surface area contributed by atoms with Gasteiger partial charge in [0.05, 0.1) is 12.1 Å². The van der Waals surface area contributed by atoms with Crippen molar-refractivity contribution in [2.45, 2.75) is 50.6 Å². The zero-order chi connectivity index (χ0) is 26.1. The molecule has 1 fully saturated rings. The largest absolute Gasteiger partial charge is 0.418 e. The number of halogens is 3. The summed E-state index contributed by atoms with van der Waals surface area (Å²) in [5.41, 5.74) is -2.07.